The molecule has 1 saturated heterocycles. The molecule has 0 radical (unpaired) electrons. The molecule has 0 bridgehead atoms. The molecular formula is C13H22ClN3O3S2. The van der Waals surface area contributed by atoms with Gasteiger partial charge in [0.25, 0.3) is 5.91 Å². The molecule has 126 valence electrons. The van der Waals surface area contributed by atoms with E-state index in [1.165, 1.54) is 11.3 Å². The summed E-state index contributed by atoms with van der Waals surface area (Å²) in [6, 6.07) is 3.93. The van der Waals surface area contributed by atoms with E-state index in [9.17, 15) is 13.2 Å². The molecule has 1 fully saturated rings. The molecule has 1 amide bonds. The highest BCUT2D eigenvalue weighted by atomic mass is 35.5. The molecule has 2 N–H and O–H groups in total. The summed E-state index contributed by atoms with van der Waals surface area (Å²) in [5, 5.41) is 3.26. The van der Waals surface area contributed by atoms with Crippen molar-refractivity contribution >= 4 is 39.7 Å². The van der Waals surface area contributed by atoms with Crippen LogP contribution in [0.25, 0.3) is 0 Å². The Balaban J connectivity index is 0.00000242. The Labute approximate surface area is 141 Å². The van der Waals surface area contributed by atoms with Crippen molar-refractivity contribution in [1.82, 2.24) is 14.9 Å². The quantitative estimate of drug-likeness (QED) is 0.802. The Morgan fingerprint density at radius 2 is 2.23 bits per heavy atom. The predicted octanol–water partition coefficient (Wildman–Crippen LogP) is 0.695. The normalized spacial score (nSPS) is 18.8. The topological polar surface area (TPSA) is 78.5 Å². The van der Waals surface area contributed by atoms with Crippen molar-refractivity contribution in [2.75, 3.05) is 32.4 Å². The summed E-state index contributed by atoms with van der Waals surface area (Å²) < 4.78 is 24.5. The predicted molar refractivity (Wildman–Crippen MR) is 91.5 cm³/mol. The average Bonchev–Trinajstić information content (AvgIpc) is 2.86. The number of rotatable bonds is 5. The fraction of sp³-hybridized carbons (Fsp3) is 0.615. The third kappa shape index (κ3) is 5.51. The van der Waals surface area contributed by atoms with Crippen LogP contribution >= 0.6 is 23.7 Å². The number of sulfonamides is 1. The van der Waals surface area contributed by atoms with E-state index in [1.807, 2.05) is 24.0 Å². The zero-order chi connectivity index (χ0) is 15.5. The summed E-state index contributed by atoms with van der Waals surface area (Å²) in [5.74, 6) is 0.0660. The van der Waals surface area contributed by atoms with E-state index < -0.39 is 10.0 Å². The van der Waals surface area contributed by atoms with Crippen molar-refractivity contribution < 1.29 is 13.2 Å². The lowest BCUT2D eigenvalue weighted by molar-refractivity contribution is 0.0661. The molecule has 0 unspecified atom stereocenters. The average molecular weight is 368 g/mol. The number of piperazine rings is 1. The maximum absolute atomic E-state index is 12.5. The fourth-order valence-electron chi connectivity index (χ4n) is 2.27. The molecule has 1 aromatic rings. The maximum Gasteiger partial charge on any atom is 0.264 e. The Morgan fingerprint density at radius 1 is 1.50 bits per heavy atom. The zero-order valence-electron chi connectivity index (χ0n) is 12.7. The molecule has 1 atom stereocenters. The minimum absolute atomic E-state index is 0. The van der Waals surface area contributed by atoms with Crippen LogP contribution in [0, 0.1) is 0 Å². The smallest absolute Gasteiger partial charge is 0.264 e. The highest BCUT2D eigenvalue weighted by molar-refractivity contribution is 7.88. The Bertz CT molecular complexity index is 603. The van der Waals surface area contributed by atoms with Gasteiger partial charge in [0, 0.05) is 37.1 Å². The van der Waals surface area contributed by atoms with Crippen LogP contribution in [0.4, 0.5) is 0 Å². The van der Waals surface area contributed by atoms with E-state index in [2.05, 4.69) is 10.0 Å². The van der Waals surface area contributed by atoms with Crippen LogP contribution < -0.4 is 10.0 Å². The molecule has 6 nitrogen and oxygen atoms in total. The van der Waals surface area contributed by atoms with E-state index >= 15 is 0 Å². The molecular weight excluding hydrogens is 346 g/mol. The minimum atomic E-state index is -3.16. The molecule has 22 heavy (non-hydrogen) atoms. The highest BCUT2D eigenvalue weighted by Gasteiger charge is 2.24. The van der Waals surface area contributed by atoms with E-state index in [-0.39, 0.29) is 24.4 Å². The first-order chi connectivity index (χ1) is 9.87. The van der Waals surface area contributed by atoms with E-state index in [1.54, 1.807) is 0 Å². The van der Waals surface area contributed by atoms with Crippen LogP contribution in [-0.4, -0.2) is 57.7 Å². The number of halogens is 1. The summed E-state index contributed by atoms with van der Waals surface area (Å²) in [6.07, 6.45) is 1.74. The van der Waals surface area contributed by atoms with Gasteiger partial charge in [0.15, 0.2) is 0 Å². The van der Waals surface area contributed by atoms with Crippen molar-refractivity contribution in [3.05, 3.63) is 21.9 Å². The second-order valence-electron chi connectivity index (χ2n) is 5.23. The first-order valence-electron chi connectivity index (χ1n) is 6.92. The van der Waals surface area contributed by atoms with Gasteiger partial charge in [0.1, 0.15) is 0 Å². The fourth-order valence-corrected chi connectivity index (χ4v) is 3.71. The van der Waals surface area contributed by atoms with Gasteiger partial charge < -0.3 is 10.2 Å². The maximum atomic E-state index is 12.5. The second kappa shape index (κ2) is 8.26. The van der Waals surface area contributed by atoms with Crippen molar-refractivity contribution in [2.45, 2.75) is 19.4 Å². The van der Waals surface area contributed by atoms with Crippen molar-refractivity contribution in [2.24, 2.45) is 0 Å². The molecule has 0 aromatic carbocycles. The number of nitrogens with zero attached hydrogens (tertiary/aromatic N) is 1. The SMILES string of the molecule is C[C@H]1CNCCN1C(=O)c1ccc(CCNS(C)(=O)=O)s1.Cl. The van der Waals surface area contributed by atoms with Gasteiger partial charge in [0.05, 0.1) is 11.1 Å². The molecule has 2 heterocycles. The Morgan fingerprint density at radius 3 is 2.86 bits per heavy atom. The van der Waals surface area contributed by atoms with Crippen LogP contribution in [0.1, 0.15) is 21.5 Å². The highest BCUT2D eigenvalue weighted by Crippen LogP contribution is 2.20. The van der Waals surface area contributed by atoms with Crippen molar-refractivity contribution in [1.29, 1.82) is 0 Å². The third-order valence-corrected chi connectivity index (χ3v) is 5.23. The van der Waals surface area contributed by atoms with Crippen molar-refractivity contribution in [3.8, 4) is 0 Å². The lowest BCUT2D eigenvalue weighted by Crippen LogP contribution is -2.52. The standard InChI is InChI=1S/C13H21N3O3S2.ClH/c1-10-9-14-7-8-16(10)13(17)12-4-3-11(20-12)5-6-15-21(2,18)19;/h3-4,10,14-15H,5-9H2,1-2H3;1H/t10-;/m0./s1. The number of hydrogen-bond donors (Lipinski definition) is 2. The van der Waals surface area contributed by atoms with Crippen LogP contribution in [-0.2, 0) is 16.4 Å². The number of amides is 1. The van der Waals surface area contributed by atoms with E-state index in [0.29, 0.717) is 13.0 Å². The molecule has 1 aromatic heterocycles. The summed E-state index contributed by atoms with van der Waals surface area (Å²) in [4.78, 5) is 16.1. The number of hydrogen-bond acceptors (Lipinski definition) is 5. The number of thiophene rings is 1. The summed E-state index contributed by atoms with van der Waals surface area (Å²) in [7, 11) is -3.16. The largest absolute Gasteiger partial charge is 0.333 e. The van der Waals surface area contributed by atoms with Gasteiger partial charge in [-0.25, -0.2) is 13.1 Å². The molecule has 2 rings (SSSR count). The van der Waals surface area contributed by atoms with Crippen LogP contribution in [0.5, 0.6) is 0 Å². The number of carbonyl (C=O) groups excluding carboxylic acids is 1. The monoisotopic (exact) mass is 367 g/mol. The van der Waals surface area contributed by atoms with Gasteiger partial charge in [-0.1, -0.05) is 0 Å². The first kappa shape index (κ1) is 19.4. The van der Waals surface area contributed by atoms with Crippen LogP contribution in [0.3, 0.4) is 0 Å². The molecule has 0 spiro atoms. The van der Waals surface area contributed by atoms with Gasteiger partial charge >= 0.3 is 0 Å². The minimum Gasteiger partial charge on any atom is -0.333 e. The molecule has 1 aliphatic heterocycles. The molecule has 9 heteroatoms. The van der Waals surface area contributed by atoms with Gasteiger partial charge in [-0.15, -0.1) is 23.7 Å². The molecule has 0 saturated carbocycles. The van der Waals surface area contributed by atoms with Gasteiger partial charge in [-0.3, -0.25) is 4.79 Å². The second-order valence-corrected chi connectivity index (χ2v) is 8.24. The van der Waals surface area contributed by atoms with Gasteiger partial charge in [-0.05, 0) is 25.5 Å². The van der Waals surface area contributed by atoms with E-state index in [4.69, 9.17) is 0 Å². The summed E-state index contributed by atoms with van der Waals surface area (Å²) >= 11 is 1.44. The Hall–Kier alpha value is -0.670. The summed E-state index contributed by atoms with van der Waals surface area (Å²) in [5.41, 5.74) is 0. The summed E-state index contributed by atoms with van der Waals surface area (Å²) in [6.45, 7) is 4.77. The van der Waals surface area contributed by atoms with E-state index in [0.717, 1.165) is 35.6 Å². The first-order valence-corrected chi connectivity index (χ1v) is 9.62. The van der Waals surface area contributed by atoms with Gasteiger partial charge in [0.2, 0.25) is 10.0 Å². The third-order valence-electron chi connectivity index (χ3n) is 3.37. The Kier molecular flexibility index (Phi) is 7.27. The molecule has 1 aliphatic rings. The van der Waals surface area contributed by atoms with Crippen molar-refractivity contribution in [3.63, 3.8) is 0 Å². The van der Waals surface area contributed by atoms with Gasteiger partial charge in [-0.2, -0.15) is 0 Å². The number of nitrogens with one attached hydrogen (secondary N) is 2. The lowest BCUT2D eigenvalue weighted by atomic mass is 10.2. The molecule has 0 aliphatic carbocycles. The number of carbonyl (C=O) groups is 1. The van der Waals surface area contributed by atoms with Crippen LogP contribution in [0.2, 0.25) is 0 Å². The van der Waals surface area contributed by atoms with Crippen LogP contribution in [0.15, 0.2) is 12.1 Å². The lowest BCUT2D eigenvalue weighted by Gasteiger charge is -2.33. The zero-order valence-corrected chi connectivity index (χ0v) is 15.1.